The number of benzene rings is 1. The number of carbonyl (C=O) groups excluding carboxylic acids is 2. The summed E-state index contributed by atoms with van der Waals surface area (Å²) in [5.74, 6) is -0.334. The number of rotatable bonds is 3. The molecule has 0 aromatic heterocycles. The highest BCUT2D eigenvalue weighted by Crippen LogP contribution is 2.34. The molecule has 2 atom stereocenters. The zero-order valence-electron chi connectivity index (χ0n) is 16.9. The molecule has 0 N–H and O–H groups in total. The topological polar surface area (TPSA) is 87.1 Å². The van der Waals surface area contributed by atoms with Gasteiger partial charge in [0.1, 0.15) is 5.71 Å². The maximum Gasteiger partial charge on any atom is 0.270 e. The summed E-state index contributed by atoms with van der Waals surface area (Å²) in [6.07, 6.45) is 2.73. The van der Waals surface area contributed by atoms with Gasteiger partial charge < -0.3 is 4.90 Å². The molecule has 2 unspecified atom stereocenters. The molecular weight excluding hydrogens is 390 g/mol. The second kappa shape index (κ2) is 7.55. The summed E-state index contributed by atoms with van der Waals surface area (Å²) in [6.45, 7) is 4.81. The molecule has 3 aliphatic rings. The van der Waals surface area contributed by atoms with Crippen LogP contribution in [0.2, 0.25) is 0 Å². The van der Waals surface area contributed by atoms with Crippen molar-refractivity contribution in [3.8, 4) is 0 Å². The number of nitrogens with zero attached hydrogens (tertiary/aromatic N) is 3. The van der Waals surface area contributed by atoms with Crippen LogP contribution in [0.3, 0.4) is 0 Å². The molecule has 156 valence electrons. The van der Waals surface area contributed by atoms with Crippen molar-refractivity contribution in [3.63, 3.8) is 0 Å². The van der Waals surface area contributed by atoms with Gasteiger partial charge in [-0.05, 0) is 49.8 Å². The minimum Gasteiger partial charge on any atom is -0.331 e. The smallest absolute Gasteiger partial charge is 0.270 e. The van der Waals surface area contributed by atoms with Crippen molar-refractivity contribution in [1.82, 2.24) is 9.91 Å². The zero-order valence-corrected chi connectivity index (χ0v) is 17.7. The first kappa shape index (κ1) is 20.1. The summed E-state index contributed by atoms with van der Waals surface area (Å²) < 4.78 is 23.6. The van der Waals surface area contributed by atoms with Crippen LogP contribution in [0.1, 0.15) is 54.8 Å². The number of aryl methyl sites for hydroxylation is 2. The van der Waals surface area contributed by atoms with Gasteiger partial charge in [0.2, 0.25) is 5.91 Å². The van der Waals surface area contributed by atoms with Gasteiger partial charge in [-0.2, -0.15) is 5.10 Å². The van der Waals surface area contributed by atoms with Gasteiger partial charge in [-0.3, -0.25) is 9.59 Å². The van der Waals surface area contributed by atoms with Gasteiger partial charge in [-0.1, -0.05) is 18.2 Å². The van der Waals surface area contributed by atoms with Crippen LogP contribution < -0.4 is 0 Å². The van der Waals surface area contributed by atoms with E-state index in [1.807, 2.05) is 4.90 Å². The van der Waals surface area contributed by atoms with Crippen molar-refractivity contribution in [2.75, 3.05) is 18.1 Å². The molecule has 0 aliphatic carbocycles. The predicted octanol–water partition coefficient (Wildman–Crippen LogP) is 2.13. The molecule has 3 aliphatic heterocycles. The molecule has 2 fully saturated rings. The van der Waals surface area contributed by atoms with E-state index in [1.165, 1.54) is 16.1 Å². The number of amides is 2. The molecule has 2 saturated heterocycles. The van der Waals surface area contributed by atoms with E-state index in [9.17, 15) is 18.0 Å². The number of sulfone groups is 1. The number of likely N-dealkylation sites (tertiary alicyclic amines) is 1. The quantitative estimate of drug-likeness (QED) is 0.754. The Labute approximate surface area is 171 Å². The summed E-state index contributed by atoms with van der Waals surface area (Å²) in [4.78, 5) is 27.5. The molecule has 7 nitrogen and oxygen atoms in total. The highest BCUT2D eigenvalue weighted by Gasteiger charge is 2.39. The average molecular weight is 418 g/mol. The van der Waals surface area contributed by atoms with Crippen LogP contribution in [-0.4, -0.2) is 59.9 Å². The lowest BCUT2D eigenvalue weighted by Crippen LogP contribution is -2.45. The van der Waals surface area contributed by atoms with Crippen LogP contribution in [0, 0.1) is 13.8 Å². The van der Waals surface area contributed by atoms with Crippen molar-refractivity contribution in [3.05, 3.63) is 34.9 Å². The van der Waals surface area contributed by atoms with Gasteiger partial charge in [0.15, 0.2) is 9.84 Å². The van der Waals surface area contributed by atoms with Crippen LogP contribution in [0.25, 0.3) is 0 Å². The van der Waals surface area contributed by atoms with E-state index < -0.39 is 15.9 Å². The van der Waals surface area contributed by atoms with Crippen molar-refractivity contribution in [2.24, 2.45) is 5.10 Å². The van der Waals surface area contributed by atoms with Crippen LogP contribution in [0.15, 0.2) is 23.3 Å². The van der Waals surface area contributed by atoms with E-state index in [0.29, 0.717) is 25.1 Å². The Morgan fingerprint density at radius 1 is 1.14 bits per heavy atom. The Kier molecular flexibility index (Phi) is 5.23. The van der Waals surface area contributed by atoms with Gasteiger partial charge in [0.05, 0.1) is 23.6 Å². The molecule has 0 saturated carbocycles. The van der Waals surface area contributed by atoms with E-state index in [0.717, 1.165) is 18.4 Å². The maximum atomic E-state index is 13.3. The van der Waals surface area contributed by atoms with Crippen molar-refractivity contribution >= 4 is 27.4 Å². The first-order chi connectivity index (χ1) is 13.7. The molecule has 2 amide bonds. The Balaban J connectivity index is 1.56. The third-order valence-electron chi connectivity index (χ3n) is 6.29. The van der Waals surface area contributed by atoms with E-state index in [-0.39, 0.29) is 35.8 Å². The Bertz CT molecular complexity index is 986. The molecular formula is C21H27N3O4S. The van der Waals surface area contributed by atoms with Crippen LogP contribution in [0.4, 0.5) is 0 Å². The molecule has 8 heteroatoms. The Hall–Kier alpha value is -2.22. The van der Waals surface area contributed by atoms with Crippen molar-refractivity contribution < 1.29 is 18.0 Å². The second-order valence-corrected chi connectivity index (χ2v) is 10.6. The predicted molar refractivity (Wildman–Crippen MR) is 110 cm³/mol. The second-order valence-electron chi connectivity index (χ2n) is 8.34. The molecule has 1 aromatic rings. The lowest BCUT2D eigenvalue weighted by atomic mass is 9.99. The van der Waals surface area contributed by atoms with Crippen LogP contribution >= 0.6 is 0 Å². The summed E-state index contributed by atoms with van der Waals surface area (Å²) in [7, 11) is -3.13. The van der Waals surface area contributed by atoms with E-state index in [1.54, 1.807) is 0 Å². The normalized spacial score (nSPS) is 26.7. The van der Waals surface area contributed by atoms with E-state index >= 15 is 0 Å². The van der Waals surface area contributed by atoms with E-state index in [2.05, 4.69) is 37.1 Å². The third-order valence-corrected chi connectivity index (χ3v) is 8.04. The van der Waals surface area contributed by atoms with Crippen molar-refractivity contribution in [2.45, 2.75) is 58.0 Å². The number of carbonyl (C=O) groups is 2. The monoisotopic (exact) mass is 417 g/mol. The minimum atomic E-state index is -3.13. The number of hydrogen-bond donors (Lipinski definition) is 0. The first-order valence-electron chi connectivity index (χ1n) is 10.2. The van der Waals surface area contributed by atoms with Crippen LogP contribution in [-0.2, 0) is 19.4 Å². The lowest BCUT2D eigenvalue weighted by molar-refractivity contribution is -0.134. The highest BCUT2D eigenvalue weighted by atomic mass is 32.2. The Morgan fingerprint density at radius 2 is 1.93 bits per heavy atom. The van der Waals surface area contributed by atoms with Gasteiger partial charge in [0, 0.05) is 19.4 Å². The molecule has 0 bridgehead atoms. The summed E-state index contributed by atoms with van der Waals surface area (Å²) in [6, 6.07) is 5.88. The van der Waals surface area contributed by atoms with Crippen molar-refractivity contribution in [1.29, 1.82) is 0 Å². The third kappa shape index (κ3) is 3.95. The standard InChI is InChI=1S/C21H27N3O4S/c1-14-5-6-16(12-15(14)2)19-4-3-10-23(19)21(26)18-7-8-20(25)24(22-18)17-9-11-29(27,28)13-17/h5-6,12,17,19H,3-4,7-11,13H2,1-2H3. The fraction of sp³-hybridized carbons (Fsp3) is 0.571. The molecule has 0 spiro atoms. The largest absolute Gasteiger partial charge is 0.331 e. The van der Waals surface area contributed by atoms with Gasteiger partial charge in [0.25, 0.3) is 5.91 Å². The molecule has 29 heavy (non-hydrogen) atoms. The number of hydrogen-bond acceptors (Lipinski definition) is 5. The molecule has 4 rings (SSSR count). The fourth-order valence-electron chi connectivity index (χ4n) is 4.47. The van der Waals surface area contributed by atoms with Gasteiger partial charge >= 0.3 is 0 Å². The summed E-state index contributed by atoms with van der Waals surface area (Å²) in [5.41, 5.74) is 3.92. The van der Waals surface area contributed by atoms with E-state index in [4.69, 9.17) is 0 Å². The average Bonchev–Trinajstić information content (AvgIpc) is 3.30. The first-order valence-corrected chi connectivity index (χ1v) is 12.1. The molecule has 1 aromatic carbocycles. The minimum absolute atomic E-state index is 0.0161. The molecule has 3 heterocycles. The zero-order chi connectivity index (χ0) is 20.8. The summed E-state index contributed by atoms with van der Waals surface area (Å²) in [5, 5.41) is 5.63. The van der Waals surface area contributed by atoms with Crippen LogP contribution in [0.5, 0.6) is 0 Å². The van der Waals surface area contributed by atoms with Gasteiger partial charge in [-0.15, -0.1) is 0 Å². The molecule has 0 radical (unpaired) electrons. The fourth-order valence-corrected chi connectivity index (χ4v) is 6.16. The number of hydrazone groups is 1. The highest BCUT2D eigenvalue weighted by molar-refractivity contribution is 7.91. The SMILES string of the molecule is Cc1ccc(C2CCCN2C(=O)C2=NN(C3CCS(=O)(=O)C3)C(=O)CC2)cc1C. The van der Waals surface area contributed by atoms with Gasteiger partial charge in [-0.25, -0.2) is 13.4 Å². The lowest BCUT2D eigenvalue weighted by Gasteiger charge is -2.31. The summed E-state index contributed by atoms with van der Waals surface area (Å²) >= 11 is 0. The maximum absolute atomic E-state index is 13.3. The Morgan fingerprint density at radius 3 is 2.62 bits per heavy atom.